The summed E-state index contributed by atoms with van der Waals surface area (Å²) in [6.45, 7) is 0. The molecule has 11 aromatic rings. The van der Waals surface area contributed by atoms with Gasteiger partial charge in [-0.1, -0.05) is 188 Å². The molecule has 58 heavy (non-hydrogen) atoms. The lowest BCUT2D eigenvalue weighted by Gasteiger charge is -2.29. The molecule has 2 heteroatoms. The third kappa shape index (κ3) is 6.03. The fourth-order valence-corrected chi connectivity index (χ4v) is 9.77. The Morgan fingerprint density at radius 1 is 0.276 bits per heavy atom. The zero-order valence-electron chi connectivity index (χ0n) is 31.7. The lowest BCUT2D eigenvalue weighted by atomic mass is 9.94. The highest BCUT2D eigenvalue weighted by Crippen LogP contribution is 2.46. The average molecular weight is 756 g/mol. The first-order chi connectivity index (χ1) is 28.7. The van der Waals surface area contributed by atoms with Gasteiger partial charge >= 0.3 is 0 Å². The van der Waals surface area contributed by atoms with Gasteiger partial charge in [-0.2, -0.15) is 0 Å². The van der Waals surface area contributed by atoms with Gasteiger partial charge in [-0.05, 0) is 96.9 Å². The monoisotopic (exact) mass is 755 g/mol. The number of nitrogens with zero attached hydrogens (tertiary/aromatic N) is 1. The SMILES string of the molecule is c1ccc(-c2ccc(-c3cccc4ccccc34)cc2N(c2ccc(-c3ccc(-c4cccc5ccccc45)cc3)cc2)c2ccc3c(c2)sc2ccccc23)cc1. The highest BCUT2D eigenvalue weighted by atomic mass is 32.1. The van der Waals surface area contributed by atoms with E-state index in [4.69, 9.17) is 0 Å². The van der Waals surface area contributed by atoms with Gasteiger partial charge in [-0.3, -0.25) is 0 Å². The summed E-state index contributed by atoms with van der Waals surface area (Å²) in [5.41, 5.74) is 13.0. The normalized spacial score (nSPS) is 11.4. The van der Waals surface area contributed by atoms with Gasteiger partial charge in [0.1, 0.15) is 0 Å². The molecule has 1 heterocycles. The molecule has 0 fully saturated rings. The molecule has 0 saturated heterocycles. The first-order valence-corrected chi connectivity index (χ1v) is 20.6. The zero-order valence-corrected chi connectivity index (χ0v) is 32.5. The van der Waals surface area contributed by atoms with Crippen molar-refractivity contribution in [3.8, 4) is 44.5 Å². The Kier molecular flexibility index (Phi) is 8.42. The van der Waals surface area contributed by atoms with Crippen molar-refractivity contribution < 1.29 is 0 Å². The van der Waals surface area contributed by atoms with Gasteiger partial charge in [0.15, 0.2) is 0 Å². The molecule has 0 unspecified atom stereocenters. The van der Waals surface area contributed by atoms with Crippen molar-refractivity contribution in [3.63, 3.8) is 0 Å². The van der Waals surface area contributed by atoms with Gasteiger partial charge in [0.25, 0.3) is 0 Å². The van der Waals surface area contributed by atoms with Crippen molar-refractivity contribution in [1.82, 2.24) is 0 Å². The van der Waals surface area contributed by atoms with E-state index in [0.29, 0.717) is 0 Å². The largest absolute Gasteiger partial charge is 0.310 e. The lowest BCUT2D eigenvalue weighted by Crippen LogP contribution is -2.11. The van der Waals surface area contributed by atoms with Crippen LogP contribution in [-0.2, 0) is 0 Å². The zero-order chi connectivity index (χ0) is 38.4. The Balaban J connectivity index is 1.07. The lowest BCUT2D eigenvalue weighted by molar-refractivity contribution is 1.29. The molecule has 0 saturated carbocycles. The van der Waals surface area contributed by atoms with E-state index >= 15 is 0 Å². The van der Waals surface area contributed by atoms with E-state index in [0.717, 1.165) is 17.1 Å². The van der Waals surface area contributed by atoms with Crippen LogP contribution in [0.2, 0.25) is 0 Å². The second-order valence-corrected chi connectivity index (χ2v) is 16.0. The molecule has 0 bridgehead atoms. The third-order valence-corrected chi connectivity index (χ3v) is 12.6. The maximum absolute atomic E-state index is 2.45. The summed E-state index contributed by atoms with van der Waals surface area (Å²) in [6, 6.07) is 82.0. The highest BCUT2D eigenvalue weighted by molar-refractivity contribution is 7.25. The first-order valence-electron chi connectivity index (χ1n) is 19.8. The average Bonchev–Trinajstić information content (AvgIpc) is 3.67. The number of hydrogen-bond donors (Lipinski definition) is 0. The van der Waals surface area contributed by atoms with E-state index in [-0.39, 0.29) is 0 Å². The van der Waals surface area contributed by atoms with E-state index in [1.54, 1.807) is 0 Å². The minimum Gasteiger partial charge on any atom is -0.310 e. The fourth-order valence-electron chi connectivity index (χ4n) is 8.63. The summed E-state index contributed by atoms with van der Waals surface area (Å²) in [5.74, 6) is 0. The van der Waals surface area contributed by atoms with Crippen LogP contribution in [-0.4, -0.2) is 0 Å². The van der Waals surface area contributed by atoms with E-state index in [9.17, 15) is 0 Å². The van der Waals surface area contributed by atoms with Crippen molar-refractivity contribution in [3.05, 3.63) is 224 Å². The summed E-state index contributed by atoms with van der Waals surface area (Å²) in [5, 5.41) is 7.61. The van der Waals surface area contributed by atoms with E-state index in [1.165, 1.54) is 86.2 Å². The van der Waals surface area contributed by atoms with Crippen molar-refractivity contribution in [2.75, 3.05) is 4.90 Å². The summed E-state index contributed by atoms with van der Waals surface area (Å²) in [7, 11) is 0. The van der Waals surface area contributed by atoms with Crippen LogP contribution in [0.5, 0.6) is 0 Å². The number of benzene rings is 10. The number of fused-ring (bicyclic) bond motifs is 5. The molecule has 0 N–H and O–H groups in total. The number of rotatable bonds is 7. The van der Waals surface area contributed by atoms with Crippen molar-refractivity contribution in [2.24, 2.45) is 0 Å². The first kappa shape index (κ1) is 34.0. The van der Waals surface area contributed by atoms with E-state index in [2.05, 4.69) is 229 Å². The molecule has 0 atom stereocenters. The third-order valence-electron chi connectivity index (χ3n) is 11.5. The second kappa shape index (κ2) is 14.4. The predicted octanol–water partition coefficient (Wildman–Crippen LogP) is 16.5. The molecule has 0 aliphatic rings. The molecule has 0 aliphatic carbocycles. The molecule has 272 valence electrons. The van der Waals surface area contributed by atoms with Gasteiger partial charge in [-0.15, -0.1) is 11.3 Å². The van der Waals surface area contributed by atoms with Crippen LogP contribution in [0.3, 0.4) is 0 Å². The van der Waals surface area contributed by atoms with Crippen LogP contribution >= 0.6 is 11.3 Å². The van der Waals surface area contributed by atoms with Crippen LogP contribution in [0.1, 0.15) is 0 Å². The van der Waals surface area contributed by atoms with Crippen LogP contribution < -0.4 is 4.90 Å². The Bertz CT molecular complexity index is 3260. The molecular weight excluding hydrogens is 719 g/mol. The Morgan fingerprint density at radius 2 is 0.776 bits per heavy atom. The Labute approximate surface area is 342 Å². The van der Waals surface area contributed by atoms with E-state index in [1.807, 2.05) is 11.3 Å². The van der Waals surface area contributed by atoms with Gasteiger partial charge in [0.05, 0.1) is 5.69 Å². The van der Waals surface area contributed by atoms with Crippen LogP contribution in [0.15, 0.2) is 224 Å². The molecule has 0 amide bonds. The quantitative estimate of drug-likeness (QED) is 0.157. The minimum absolute atomic E-state index is 1.10. The molecule has 0 radical (unpaired) electrons. The predicted molar refractivity (Wildman–Crippen MR) is 251 cm³/mol. The summed E-state index contributed by atoms with van der Waals surface area (Å²) < 4.78 is 2.58. The molecule has 1 aromatic heterocycles. The minimum atomic E-state index is 1.10. The molecule has 0 aliphatic heterocycles. The summed E-state index contributed by atoms with van der Waals surface area (Å²) >= 11 is 1.86. The van der Waals surface area contributed by atoms with Gasteiger partial charge < -0.3 is 4.90 Å². The van der Waals surface area contributed by atoms with Crippen LogP contribution in [0.4, 0.5) is 17.1 Å². The second-order valence-electron chi connectivity index (χ2n) is 14.9. The van der Waals surface area contributed by atoms with Crippen molar-refractivity contribution in [1.29, 1.82) is 0 Å². The number of anilines is 3. The molecular formula is C56H37NS. The van der Waals surface area contributed by atoms with Gasteiger partial charge in [-0.25, -0.2) is 0 Å². The highest BCUT2D eigenvalue weighted by Gasteiger charge is 2.20. The molecule has 10 aromatic carbocycles. The van der Waals surface area contributed by atoms with Gasteiger partial charge in [0.2, 0.25) is 0 Å². The topological polar surface area (TPSA) is 3.24 Å². The molecule has 1 nitrogen and oxygen atoms in total. The molecule has 11 rings (SSSR count). The van der Waals surface area contributed by atoms with Crippen molar-refractivity contribution in [2.45, 2.75) is 0 Å². The number of thiophene rings is 1. The summed E-state index contributed by atoms with van der Waals surface area (Å²) in [4.78, 5) is 2.45. The Hall–Kier alpha value is -7.26. The smallest absolute Gasteiger partial charge is 0.0546 e. The number of hydrogen-bond acceptors (Lipinski definition) is 2. The van der Waals surface area contributed by atoms with E-state index < -0.39 is 0 Å². The maximum Gasteiger partial charge on any atom is 0.0546 e. The van der Waals surface area contributed by atoms with Crippen molar-refractivity contribution >= 4 is 70.1 Å². The summed E-state index contributed by atoms with van der Waals surface area (Å²) in [6.07, 6.45) is 0. The standard InChI is InChI=1S/C56H37NS/c1-2-12-42(13-3-1)51-34-30-44(50-22-11-17-41-15-5-7-19-48(41)50)36-54(51)57(46-33-35-53-52-20-8-9-23-55(52)58-56(53)37-46)45-31-28-39(29-32-45)38-24-26-43(27-25-38)49-21-10-16-40-14-4-6-18-47(40)49/h1-37H. The maximum atomic E-state index is 2.45. The van der Waals surface area contributed by atoms with Crippen LogP contribution in [0, 0.1) is 0 Å². The Morgan fingerprint density at radius 3 is 1.48 bits per heavy atom. The van der Waals surface area contributed by atoms with Gasteiger partial charge in [0, 0.05) is 37.1 Å². The fraction of sp³-hybridized carbons (Fsp3) is 0. The van der Waals surface area contributed by atoms with Crippen LogP contribution in [0.25, 0.3) is 86.2 Å². The molecule has 0 spiro atoms.